The van der Waals surface area contributed by atoms with Gasteiger partial charge >= 0.3 is 0 Å². The lowest BCUT2D eigenvalue weighted by Gasteiger charge is -2.12. The molecule has 0 aliphatic rings. The van der Waals surface area contributed by atoms with Gasteiger partial charge in [-0.15, -0.1) is 0 Å². The van der Waals surface area contributed by atoms with Crippen LogP contribution in [0, 0.1) is 24.3 Å². The van der Waals surface area contributed by atoms with Crippen molar-refractivity contribution in [2.45, 2.75) is 6.61 Å². The second kappa shape index (κ2) is 9.33. The van der Waals surface area contributed by atoms with Gasteiger partial charge in [0.1, 0.15) is 18.2 Å². The van der Waals surface area contributed by atoms with E-state index in [-0.39, 0.29) is 5.82 Å². The van der Waals surface area contributed by atoms with Crippen LogP contribution in [0.5, 0.6) is 5.75 Å². The normalized spacial score (nSPS) is 11.1. The predicted molar refractivity (Wildman–Crippen MR) is 123 cm³/mol. The highest BCUT2D eigenvalue weighted by molar-refractivity contribution is 14.1. The highest BCUT2D eigenvalue weighted by Gasteiger charge is 2.10. The summed E-state index contributed by atoms with van der Waals surface area (Å²) in [5.74, 6) is 0.462. The van der Waals surface area contributed by atoms with Gasteiger partial charge in [-0.25, -0.2) is 4.39 Å². The Morgan fingerprint density at radius 1 is 1.00 bits per heavy atom. The molecule has 0 atom stereocenters. The van der Waals surface area contributed by atoms with Gasteiger partial charge in [-0.05, 0) is 92.2 Å². The van der Waals surface area contributed by atoms with E-state index >= 15 is 0 Å². The van der Waals surface area contributed by atoms with Gasteiger partial charge in [0.05, 0.1) is 18.8 Å². The summed E-state index contributed by atoms with van der Waals surface area (Å²) in [6.45, 7) is 0.495. The summed E-state index contributed by atoms with van der Waals surface area (Å²) in [5.41, 5.74) is 2.95. The van der Waals surface area contributed by atoms with Gasteiger partial charge < -0.3 is 4.74 Å². The minimum absolute atomic E-state index is 0.359. The zero-order chi connectivity index (χ0) is 19.2. The molecule has 0 heterocycles. The van der Waals surface area contributed by atoms with Crippen LogP contribution in [-0.2, 0) is 6.61 Å². The molecule has 0 radical (unpaired) electrons. The Morgan fingerprint density at radius 2 is 1.70 bits per heavy atom. The van der Waals surface area contributed by atoms with Crippen LogP contribution < -0.4 is 4.74 Å². The van der Waals surface area contributed by atoms with Crippen molar-refractivity contribution in [3.63, 3.8) is 0 Å². The summed E-state index contributed by atoms with van der Waals surface area (Å²) in [4.78, 5) is 0. The number of hydrogen-bond donors (Lipinski definition) is 0. The maximum absolute atomic E-state index is 13.5. The van der Waals surface area contributed by atoms with Crippen LogP contribution in [0.25, 0.3) is 11.6 Å². The average Bonchev–Trinajstić information content (AvgIpc) is 2.66. The molecule has 0 aliphatic carbocycles. The van der Waals surface area contributed by atoms with Gasteiger partial charge in [-0.1, -0.05) is 42.5 Å². The molecule has 0 saturated heterocycles. The molecule has 134 valence electrons. The van der Waals surface area contributed by atoms with Crippen molar-refractivity contribution in [1.82, 2.24) is 0 Å². The lowest BCUT2D eigenvalue weighted by Crippen LogP contribution is -1.99. The molecule has 0 aromatic heterocycles. The van der Waals surface area contributed by atoms with Gasteiger partial charge in [0.15, 0.2) is 0 Å². The fourth-order valence-corrected chi connectivity index (χ4v) is 4.66. The van der Waals surface area contributed by atoms with Crippen LogP contribution in [0.2, 0.25) is 0 Å². The Balaban J connectivity index is 1.86. The first-order valence-electron chi connectivity index (χ1n) is 8.10. The molecule has 3 rings (SSSR count). The molecule has 27 heavy (non-hydrogen) atoms. The van der Waals surface area contributed by atoms with E-state index in [1.54, 1.807) is 18.2 Å². The van der Waals surface area contributed by atoms with Gasteiger partial charge in [0.2, 0.25) is 0 Å². The smallest absolute Gasteiger partial charge is 0.146 e. The lowest BCUT2D eigenvalue weighted by atomic mass is 10.0. The predicted octanol–water partition coefficient (Wildman–Crippen LogP) is 6.68. The quantitative estimate of drug-likeness (QED) is 0.192. The van der Waals surface area contributed by atoms with E-state index in [0.717, 1.165) is 24.0 Å². The fraction of sp³-hybridized carbons (Fsp3) is 0.0455. The molecule has 0 N–H and O–H groups in total. The topological polar surface area (TPSA) is 33.0 Å². The SMILES string of the molecule is N#C/C(=C/c1cc(I)c(OCc2ccccc2)c(I)c1)c1cccc(F)c1. The second-order valence-corrected chi connectivity index (χ2v) is 8.09. The Hall–Kier alpha value is -1.92. The van der Waals surface area contributed by atoms with Gasteiger partial charge in [-0.2, -0.15) is 5.26 Å². The first-order chi connectivity index (χ1) is 13.1. The van der Waals surface area contributed by atoms with Crippen LogP contribution in [-0.4, -0.2) is 0 Å². The largest absolute Gasteiger partial charge is 0.487 e. The third-order valence-corrected chi connectivity index (χ3v) is 5.42. The van der Waals surface area contributed by atoms with E-state index in [0.29, 0.717) is 17.7 Å². The number of ether oxygens (including phenoxy) is 1. The highest BCUT2D eigenvalue weighted by atomic mass is 127. The number of hydrogen-bond acceptors (Lipinski definition) is 2. The summed E-state index contributed by atoms with van der Waals surface area (Å²) in [6, 6.07) is 22.1. The van der Waals surface area contributed by atoms with Gasteiger partial charge in [-0.3, -0.25) is 0 Å². The second-order valence-electron chi connectivity index (χ2n) is 5.77. The number of benzene rings is 3. The third-order valence-electron chi connectivity index (χ3n) is 3.81. The third kappa shape index (κ3) is 5.30. The molecule has 3 aromatic rings. The zero-order valence-electron chi connectivity index (χ0n) is 14.1. The Bertz CT molecular complexity index is 1000. The van der Waals surface area contributed by atoms with Crippen LogP contribution in [0.4, 0.5) is 4.39 Å². The summed E-state index contributed by atoms with van der Waals surface area (Å²) in [7, 11) is 0. The van der Waals surface area contributed by atoms with Gasteiger partial charge in [0, 0.05) is 0 Å². The Morgan fingerprint density at radius 3 is 2.33 bits per heavy atom. The van der Waals surface area contributed by atoms with E-state index in [1.807, 2.05) is 42.5 Å². The highest BCUT2D eigenvalue weighted by Crippen LogP contribution is 2.31. The monoisotopic (exact) mass is 581 g/mol. The fourth-order valence-electron chi connectivity index (χ4n) is 2.53. The molecule has 5 heteroatoms. The van der Waals surface area contributed by atoms with Crippen LogP contribution in [0.3, 0.4) is 0 Å². The van der Waals surface area contributed by atoms with Crippen molar-refractivity contribution in [2.75, 3.05) is 0 Å². The average molecular weight is 581 g/mol. The molecule has 0 amide bonds. The zero-order valence-corrected chi connectivity index (χ0v) is 18.4. The standard InChI is InChI=1S/C22H14FI2NO/c23-19-8-4-7-17(12-19)18(13-26)9-16-10-20(24)22(21(25)11-16)27-14-15-5-2-1-3-6-15/h1-12H,14H2/b18-9-. The van der Waals surface area contributed by atoms with Crippen molar-refractivity contribution >= 4 is 56.8 Å². The van der Waals surface area contributed by atoms with E-state index in [4.69, 9.17) is 4.74 Å². The first kappa shape index (κ1) is 19.8. The number of rotatable bonds is 5. The minimum Gasteiger partial charge on any atom is -0.487 e. The summed E-state index contributed by atoms with van der Waals surface area (Å²) in [6.07, 6.45) is 1.76. The molecule has 0 spiro atoms. The summed E-state index contributed by atoms with van der Waals surface area (Å²) < 4.78 is 21.4. The van der Waals surface area contributed by atoms with Crippen molar-refractivity contribution in [2.24, 2.45) is 0 Å². The maximum Gasteiger partial charge on any atom is 0.146 e. The molecule has 0 bridgehead atoms. The summed E-state index contributed by atoms with van der Waals surface area (Å²) in [5, 5.41) is 9.47. The van der Waals surface area contributed by atoms with E-state index in [1.165, 1.54) is 12.1 Å². The molecule has 0 unspecified atom stereocenters. The van der Waals surface area contributed by atoms with Crippen molar-refractivity contribution in [3.05, 3.63) is 96.4 Å². The Kier molecular flexibility index (Phi) is 6.85. The molecule has 0 aliphatic heterocycles. The van der Waals surface area contributed by atoms with E-state index in [2.05, 4.69) is 51.3 Å². The van der Waals surface area contributed by atoms with Crippen molar-refractivity contribution in [1.29, 1.82) is 5.26 Å². The molecule has 0 saturated carbocycles. The number of nitrogens with zero attached hydrogens (tertiary/aromatic N) is 1. The van der Waals surface area contributed by atoms with E-state index in [9.17, 15) is 9.65 Å². The van der Waals surface area contributed by atoms with Crippen molar-refractivity contribution in [3.8, 4) is 11.8 Å². The number of halogens is 3. The Labute approximate surface area is 185 Å². The van der Waals surface area contributed by atoms with Crippen LogP contribution >= 0.6 is 45.2 Å². The first-order valence-corrected chi connectivity index (χ1v) is 10.3. The molecule has 3 aromatic carbocycles. The minimum atomic E-state index is -0.359. The number of nitriles is 1. The molecular weight excluding hydrogens is 567 g/mol. The maximum atomic E-state index is 13.5. The number of allylic oxidation sites excluding steroid dienone is 1. The van der Waals surface area contributed by atoms with Gasteiger partial charge in [0.25, 0.3) is 0 Å². The van der Waals surface area contributed by atoms with Crippen molar-refractivity contribution < 1.29 is 9.13 Å². The lowest BCUT2D eigenvalue weighted by molar-refractivity contribution is 0.302. The van der Waals surface area contributed by atoms with Crippen LogP contribution in [0.15, 0.2) is 66.7 Å². The molecular formula is C22H14FI2NO. The molecule has 2 nitrogen and oxygen atoms in total. The van der Waals surface area contributed by atoms with E-state index < -0.39 is 0 Å². The van der Waals surface area contributed by atoms with Crippen LogP contribution in [0.1, 0.15) is 16.7 Å². The summed E-state index contributed by atoms with van der Waals surface area (Å²) >= 11 is 4.46. The molecule has 0 fully saturated rings.